The van der Waals surface area contributed by atoms with Crippen molar-refractivity contribution in [1.29, 1.82) is 0 Å². The number of rotatable bonds is 6. The molecule has 0 aliphatic carbocycles. The van der Waals surface area contributed by atoms with Crippen LogP contribution >= 0.6 is 23.2 Å². The number of benzene rings is 1. The monoisotopic (exact) mass is 432 g/mol. The molecule has 2 N–H and O–H groups in total. The van der Waals surface area contributed by atoms with Crippen LogP contribution in [-0.4, -0.2) is 35.1 Å². The van der Waals surface area contributed by atoms with Gasteiger partial charge < -0.3 is 4.57 Å². The van der Waals surface area contributed by atoms with Crippen molar-refractivity contribution in [3.63, 3.8) is 0 Å². The Labute approximate surface area is 166 Å². The van der Waals surface area contributed by atoms with Gasteiger partial charge in [-0.3, -0.25) is 14.8 Å². The molecule has 10 heteroatoms. The van der Waals surface area contributed by atoms with E-state index in [9.17, 15) is 18.0 Å². The molecule has 0 saturated heterocycles. The molecule has 1 aromatic carbocycles. The maximum atomic E-state index is 12.4. The van der Waals surface area contributed by atoms with E-state index in [0.717, 1.165) is 6.26 Å². The van der Waals surface area contributed by atoms with Crippen molar-refractivity contribution in [3.05, 3.63) is 56.9 Å². The van der Waals surface area contributed by atoms with E-state index in [1.54, 1.807) is 24.3 Å². The molecule has 7 nitrogen and oxygen atoms in total. The summed E-state index contributed by atoms with van der Waals surface area (Å²) in [7, 11) is -3.84. The van der Waals surface area contributed by atoms with Gasteiger partial charge in [-0.1, -0.05) is 23.2 Å². The van der Waals surface area contributed by atoms with E-state index in [1.807, 2.05) is 0 Å². The van der Waals surface area contributed by atoms with Crippen molar-refractivity contribution >= 4 is 38.9 Å². The fourth-order valence-corrected chi connectivity index (χ4v) is 3.88. The second-order valence-corrected chi connectivity index (χ2v) is 9.62. The first-order chi connectivity index (χ1) is 12.5. The lowest BCUT2D eigenvalue weighted by molar-refractivity contribution is -0.131. The predicted octanol–water partition coefficient (Wildman–Crippen LogP) is 2.52. The number of carbonyl (C=O) groups is 1. The molecule has 146 valence electrons. The summed E-state index contributed by atoms with van der Waals surface area (Å²) >= 11 is 11.9. The molecule has 27 heavy (non-hydrogen) atoms. The Morgan fingerprint density at radius 3 is 2.26 bits per heavy atom. The van der Waals surface area contributed by atoms with Crippen molar-refractivity contribution in [2.75, 3.05) is 6.26 Å². The van der Waals surface area contributed by atoms with Gasteiger partial charge in [0.15, 0.2) is 14.6 Å². The number of hydrogen-bond acceptors (Lipinski definition) is 5. The molecule has 0 radical (unpaired) electrons. The van der Waals surface area contributed by atoms with Gasteiger partial charge in [0.2, 0.25) is 0 Å². The van der Waals surface area contributed by atoms with E-state index in [-0.39, 0.29) is 18.5 Å². The van der Waals surface area contributed by atoms with Crippen LogP contribution in [0, 0.1) is 0 Å². The third-order valence-electron chi connectivity index (χ3n) is 4.42. The SMILES string of the molecule is CC(CCn1ccc(-c2cc(Cl)cc(Cl)c2)cc1=O)(C(=O)NO)S(C)(=O)=O. The maximum Gasteiger partial charge on any atom is 0.264 e. The number of halogens is 2. The number of pyridine rings is 1. The number of nitrogens with one attached hydrogen (secondary N) is 1. The van der Waals surface area contributed by atoms with Crippen molar-refractivity contribution < 1.29 is 18.4 Å². The topological polar surface area (TPSA) is 105 Å². The summed E-state index contributed by atoms with van der Waals surface area (Å²) in [6.45, 7) is 1.16. The van der Waals surface area contributed by atoms with Gasteiger partial charge in [0.1, 0.15) is 0 Å². The van der Waals surface area contributed by atoms with Gasteiger partial charge in [-0.05, 0) is 48.7 Å². The van der Waals surface area contributed by atoms with Gasteiger partial charge in [0, 0.05) is 35.1 Å². The molecule has 2 rings (SSSR count). The summed E-state index contributed by atoms with van der Waals surface area (Å²) < 4.78 is 23.4. The highest BCUT2D eigenvalue weighted by Gasteiger charge is 2.43. The van der Waals surface area contributed by atoms with E-state index in [1.165, 1.54) is 29.2 Å². The van der Waals surface area contributed by atoms with Crippen molar-refractivity contribution in [1.82, 2.24) is 10.0 Å². The molecule has 1 aromatic heterocycles. The van der Waals surface area contributed by atoms with E-state index < -0.39 is 20.5 Å². The van der Waals surface area contributed by atoms with Crippen LogP contribution in [0.3, 0.4) is 0 Å². The Bertz CT molecular complexity index is 1020. The Hall–Kier alpha value is -1.87. The molecule has 1 unspecified atom stereocenters. The van der Waals surface area contributed by atoms with E-state index in [4.69, 9.17) is 28.4 Å². The highest BCUT2D eigenvalue weighted by molar-refractivity contribution is 7.92. The number of carbonyl (C=O) groups excluding carboxylic acids is 1. The molecule has 0 aliphatic heterocycles. The summed E-state index contributed by atoms with van der Waals surface area (Å²) in [5.74, 6) is -1.05. The highest BCUT2D eigenvalue weighted by atomic mass is 35.5. The average Bonchev–Trinajstić information content (AvgIpc) is 2.57. The van der Waals surface area contributed by atoms with Gasteiger partial charge >= 0.3 is 0 Å². The zero-order valence-corrected chi connectivity index (χ0v) is 16.9. The summed E-state index contributed by atoms with van der Waals surface area (Å²) in [6.07, 6.45) is 2.20. The van der Waals surface area contributed by atoms with Crippen LogP contribution in [0.5, 0.6) is 0 Å². The normalized spacial score (nSPS) is 13.8. The van der Waals surface area contributed by atoms with Crippen molar-refractivity contribution in [2.45, 2.75) is 24.6 Å². The molecule has 0 bridgehead atoms. The minimum Gasteiger partial charge on any atom is -0.315 e. The zero-order valence-electron chi connectivity index (χ0n) is 14.6. The number of nitrogens with zero attached hydrogens (tertiary/aromatic N) is 1. The van der Waals surface area contributed by atoms with Crippen molar-refractivity contribution in [2.24, 2.45) is 0 Å². The second-order valence-electron chi connectivity index (χ2n) is 6.30. The number of sulfone groups is 1. The van der Waals surface area contributed by atoms with E-state index in [0.29, 0.717) is 21.2 Å². The van der Waals surface area contributed by atoms with Crippen LogP contribution in [0.25, 0.3) is 11.1 Å². The molecule has 1 heterocycles. The fraction of sp³-hybridized carbons (Fsp3) is 0.294. The Kier molecular flexibility index (Phi) is 6.36. The Morgan fingerprint density at radius 1 is 1.19 bits per heavy atom. The van der Waals surface area contributed by atoms with Gasteiger partial charge in [-0.2, -0.15) is 0 Å². The molecule has 0 saturated carbocycles. The van der Waals surface area contributed by atoms with Crippen LogP contribution in [0.2, 0.25) is 10.0 Å². The molecule has 2 aromatic rings. The predicted molar refractivity (Wildman–Crippen MR) is 104 cm³/mol. The van der Waals surface area contributed by atoms with Crippen LogP contribution in [0.1, 0.15) is 13.3 Å². The first-order valence-corrected chi connectivity index (χ1v) is 10.4. The van der Waals surface area contributed by atoms with E-state index in [2.05, 4.69) is 0 Å². The third-order valence-corrected chi connectivity index (χ3v) is 6.88. The standard InChI is InChI=1S/C17H18Cl2N2O5S/c1-17(16(23)20-24,27(2,25)26)4-6-21-5-3-11(9-15(21)22)12-7-13(18)10-14(19)8-12/h3,5,7-10,24H,4,6H2,1-2H3,(H,20,23). The molecule has 1 amide bonds. The van der Waals surface area contributed by atoms with Gasteiger partial charge in [-0.15, -0.1) is 0 Å². The summed E-state index contributed by atoms with van der Waals surface area (Å²) in [6, 6.07) is 7.93. The first kappa shape index (κ1) is 21.4. The molecule has 0 aliphatic rings. The number of amides is 1. The largest absolute Gasteiger partial charge is 0.315 e. The summed E-state index contributed by atoms with van der Waals surface area (Å²) in [4.78, 5) is 24.2. The molecule has 0 fully saturated rings. The maximum absolute atomic E-state index is 12.4. The average molecular weight is 433 g/mol. The number of aryl methyl sites for hydroxylation is 1. The molecular formula is C17H18Cl2N2O5S. The molecular weight excluding hydrogens is 415 g/mol. The minimum atomic E-state index is -3.84. The van der Waals surface area contributed by atoms with Gasteiger partial charge in [0.05, 0.1) is 0 Å². The highest BCUT2D eigenvalue weighted by Crippen LogP contribution is 2.26. The quantitative estimate of drug-likeness (QED) is 0.538. The molecule has 0 spiro atoms. The van der Waals surface area contributed by atoms with Crippen molar-refractivity contribution in [3.8, 4) is 11.1 Å². The Morgan fingerprint density at radius 2 is 1.78 bits per heavy atom. The minimum absolute atomic E-state index is 0.0353. The van der Waals surface area contributed by atoms with Gasteiger partial charge in [-0.25, -0.2) is 13.9 Å². The van der Waals surface area contributed by atoms with Gasteiger partial charge in [0.25, 0.3) is 11.5 Å². The lowest BCUT2D eigenvalue weighted by atomic mass is 10.1. The summed E-state index contributed by atoms with van der Waals surface area (Å²) in [5.41, 5.74) is 2.25. The number of hydroxylamine groups is 1. The number of hydrogen-bond donors (Lipinski definition) is 2. The number of aromatic nitrogens is 1. The third kappa shape index (κ3) is 4.70. The second kappa shape index (κ2) is 8.02. The zero-order chi connectivity index (χ0) is 20.4. The van der Waals surface area contributed by atoms with Crippen LogP contribution in [0.4, 0.5) is 0 Å². The first-order valence-electron chi connectivity index (χ1n) is 7.79. The van der Waals surface area contributed by atoms with Crippen LogP contribution in [0.15, 0.2) is 41.3 Å². The lowest BCUT2D eigenvalue weighted by Gasteiger charge is -2.25. The van der Waals surface area contributed by atoms with Crippen LogP contribution < -0.4 is 11.0 Å². The summed E-state index contributed by atoms with van der Waals surface area (Å²) in [5, 5.41) is 9.70. The fourth-order valence-electron chi connectivity index (χ4n) is 2.51. The molecule has 1 atom stereocenters. The van der Waals surface area contributed by atoms with E-state index >= 15 is 0 Å². The smallest absolute Gasteiger partial charge is 0.264 e. The lowest BCUT2D eigenvalue weighted by Crippen LogP contribution is -2.49. The van der Waals surface area contributed by atoms with Crippen LogP contribution in [-0.2, 0) is 21.2 Å². The Balaban J connectivity index is 2.31.